The Morgan fingerprint density at radius 3 is 2.29 bits per heavy atom. The van der Waals surface area contributed by atoms with Crippen molar-refractivity contribution < 1.29 is 23.9 Å². The smallest absolute Gasteiger partial charge is 0.338 e. The third-order valence-electron chi connectivity index (χ3n) is 6.64. The molecule has 0 radical (unpaired) electrons. The van der Waals surface area contributed by atoms with Crippen LogP contribution >= 0.6 is 0 Å². The molecule has 0 spiro atoms. The van der Waals surface area contributed by atoms with E-state index in [0.717, 1.165) is 38.5 Å². The Kier molecular flexibility index (Phi) is 6.12. The van der Waals surface area contributed by atoms with Gasteiger partial charge in [0.2, 0.25) is 0 Å². The van der Waals surface area contributed by atoms with Crippen molar-refractivity contribution in [3.05, 3.63) is 34.9 Å². The lowest BCUT2D eigenvalue weighted by Gasteiger charge is -2.34. The number of hydrogen-bond acceptors (Lipinski definition) is 5. The molecule has 2 atom stereocenters. The largest absolute Gasteiger partial charge is 0.452 e. The quantitative estimate of drug-likeness (QED) is 0.545. The zero-order valence-corrected chi connectivity index (χ0v) is 18.3. The van der Waals surface area contributed by atoms with Gasteiger partial charge in [-0.25, -0.2) is 4.79 Å². The van der Waals surface area contributed by atoms with Gasteiger partial charge in [-0.15, -0.1) is 0 Å². The predicted octanol–water partition coefficient (Wildman–Crippen LogP) is 3.28. The summed E-state index contributed by atoms with van der Waals surface area (Å²) in [6, 6.07) is 4.37. The summed E-state index contributed by atoms with van der Waals surface area (Å²) in [5, 5.41) is 0. The van der Waals surface area contributed by atoms with E-state index in [1.807, 2.05) is 0 Å². The minimum atomic E-state index is -0.661. The molecule has 3 amide bonds. The lowest BCUT2D eigenvalue weighted by molar-refractivity contribution is -0.137. The minimum Gasteiger partial charge on any atom is -0.452 e. The van der Waals surface area contributed by atoms with E-state index >= 15 is 0 Å². The molecule has 0 aromatic heterocycles. The minimum absolute atomic E-state index is 0.0662. The highest BCUT2D eigenvalue weighted by Gasteiger charge is 2.40. The van der Waals surface area contributed by atoms with Crippen molar-refractivity contribution >= 4 is 23.7 Å². The van der Waals surface area contributed by atoms with Crippen LogP contribution in [0.25, 0.3) is 0 Å². The maximum atomic E-state index is 12.9. The Labute approximate surface area is 182 Å². The number of carbonyl (C=O) groups is 4. The first-order chi connectivity index (χ1) is 14.8. The van der Waals surface area contributed by atoms with Gasteiger partial charge in [-0.05, 0) is 49.3 Å². The van der Waals surface area contributed by atoms with Crippen LogP contribution in [0.1, 0.15) is 83.4 Å². The van der Waals surface area contributed by atoms with E-state index < -0.39 is 5.97 Å². The first-order valence-corrected chi connectivity index (χ1v) is 11.3. The fraction of sp³-hybridized carbons (Fsp3) is 0.583. The summed E-state index contributed by atoms with van der Waals surface area (Å²) in [5.41, 5.74) is 0.757. The molecule has 4 rings (SSSR count). The van der Waals surface area contributed by atoms with E-state index in [2.05, 4.69) is 13.8 Å². The van der Waals surface area contributed by atoms with Crippen LogP contribution < -0.4 is 0 Å². The van der Waals surface area contributed by atoms with Crippen molar-refractivity contribution in [2.24, 2.45) is 11.8 Å². The Morgan fingerprint density at radius 1 is 0.968 bits per heavy atom. The number of likely N-dealkylation sites (tertiary alicyclic amines) is 1. The van der Waals surface area contributed by atoms with Gasteiger partial charge in [0.15, 0.2) is 6.61 Å². The van der Waals surface area contributed by atoms with Crippen LogP contribution in [0.3, 0.4) is 0 Å². The molecule has 2 heterocycles. The van der Waals surface area contributed by atoms with Crippen molar-refractivity contribution in [1.29, 1.82) is 0 Å². The maximum Gasteiger partial charge on any atom is 0.338 e. The molecule has 2 fully saturated rings. The van der Waals surface area contributed by atoms with Crippen LogP contribution in [0.4, 0.5) is 0 Å². The third-order valence-corrected chi connectivity index (χ3v) is 6.64. The number of imide groups is 1. The lowest BCUT2D eigenvalue weighted by Crippen LogP contribution is -2.44. The maximum absolute atomic E-state index is 12.9. The average Bonchev–Trinajstić information content (AvgIpc) is 3.01. The Balaban J connectivity index is 1.41. The number of carbonyl (C=O) groups excluding carboxylic acids is 4. The number of amides is 3. The van der Waals surface area contributed by atoms with Crippen LogP contribution in [0.2, 0.25) is 0 Å². The van der Waals surface area contributed by atoms with Crippen LogP contribution in [0.5, 0.6) is 0 Å². The monoisotopic (exact) mass is 426 g/mol. The van der Waals surface area contributed by atoms with Gasteiger partial charge in [0, 0.05) is 19.1 Å². The highest BCUT2D eigenvalue weighted by molar-refractivity contribution is 6.22. The number of piperidine rings is 1. The van der Waals surface area contributed by atoms with Gasteiger partial charge in [-0.1, -0.05) is 33.1 Å². The van der Waals surface area contributed by atoms with Gasteiger partial charge in [0.25, 0.3) is 17.7 Å². The highest BCUT2D eigenvalue weighted by Crippen LogP contribution is 2.31. The molecular weight excluding hydrogens is 396 g/mol. The molecule has 1 saturated carbocycles. The van der Waals surface area contributed by atoms with Gasteiger partial charge in [-0.2, -0.15) is 0 Å². The number of ether oxygens (including phenoxy) is 1. The molecule has 7 nitrogen and oxygen atoms in total. The van der Waals surface area contributed by atoms with Crippen LogP contribution in [-0.4, -0.2) is 59.2 Å². The van der Waals surface area contributed by atoms with Gasteiger partial charge >= 0.3 is 5.97 Å². The Morgan fingerprint density at radius 2 is 1.61 bits per heavy atom. The van der Waals surface area contributed by atoms with Gasteiger partial charge in [0.1, 0.15) is 0 Å². The van der Waals surface area contributed by atoms with E-state index in [0.29, 0.717) is 30.5 Å². The summed E-state index contributed by atoms with van der Waals surface area (Å²) in [7, 11) is 0. The fourth-order valence-corrected chi connectivity index (χ4v) is 5.23. The summed E-state index contributed by atoms with van der Waals surface area (Å²) in [6.45, 7) is 5.25. The second-order valence-electron chi connectivity index (χ2n) is 9.35. The van der Waals surface area contributed by atoms with E-state index in [9.17, 15) is 19.2 Å². The van der Waals surface area contributed by atoms with Crippen molar-refractivity contribution in [3.8, 4) is 0 Å². The molecule has 2 aliphatic heterocycles. The van der Waals surface area contributed by atoms with Crippen LogP contribution in [-0.2, 0) is 9.53 Å². The second kappa shape index (κ2) is 8.81. The summed E-state index contributed by atoms with van der Waals surface area (Å²) in [5.74, 6) is -0.635. The number of benzene rings is 1. The van der Waals surface area contributed by atoms with E-state index in [-0.39, 0.29) is 41.5 Å². The Hall–Kier alpha value is -2.70. The van der Waals surface area contributed by atoms with Crippen molar-refractivity contribution in [3.63, 3.8) is 0 Å². The molecule has 1 aromatic rings. The first kappa shape index (κ1) is 21.5. The standard InChI is InChI=1S/C24H30N2O5/c1-15-10-16(2)13-25(12-15)21(27)14-31-24(30)17-8-9-19-20(11-17)23(29)26(22(19)28)18-6-4-3-5-7-18/h8-9,11,15-16,18H,3-7,10,12-14H2,1-2H3/t15-,16+. The molecule has 1 aliphatic carbocycles. The molecule has 0 N–H and O–H groups in total. The highest BCUT2D eigenvalue weighted by atomic mass is 16.5. The average molecular weight is 427 g/mol. The predicted molar refractivity (Wildman–Crippen MR) is 114 cm³/mol. The third kappa shape index (κ3) is 4.36. The van der Waals surface area contributed by atoms with Crippen LogP contribution in [0.15, 0.2) is 18.2 Å². The molecule has 31 heavy (non-hydrogen) atoms. The number of nitrogens with zero attached hydrogens (tertiary/aromatic N) is 2. The molecule has 1 aromatic carbocycles. The molecule has 1 saturated heterocycles. The van der Waals surface area contributed by atoms with Crippen LogP contribution in [0, 0.1) is 11.8 Å². The topological polar surface area (TPSA) is 84.0 Å². The molecular formula is C24H30N2O5. The number of hydrogen-bond donors (Lipinski definition) is 0. The van der Waals surface area contributed by atoms with E-state index in [4.69, 9.17) is 4.74 Å². The van der Waals surface area contributed by atoms with Gasteiger partial charge in [0.05, 0.1) is 16.7 Å². The summed E-state index contributed by atoms with van der Waals surface area (Å²) < 4.78 is 5.24. The zero-order valence-electron chi connectivity index (χ0n) is 18.3. The number of fused-ring (bicyclic) bond motifs is 1. The molecule has 7 heteroatoms. The van der Waals surface area contributed by atoms with E-state index in [1.165, 1.54) is 23.1 Å². The van der Waals surface area contributed by atoms with Gasteiger partial charge < -0.3 is 9.64 Å². The molecule has 166 valence electrons. The normalized spacial score (nSPS) is 24.3. The lowest BCUT2D eigenvalue weighted by atomic mass is 9.92. The molecule has 0 bridgehead atoms. The summed E-state index contributed by atoms with van der Waals surface area (Å²) >= 11 is 0. The first-order valence-electron chi connectivity index (χ1n) is 11.3. The zero-order chi connectivity index (χ0) is 22.1. The number of esters is 1. The molecule has 3 aliphatic rings. The van der Waals surface area contributed by atoms with Gasteiger partial charge in [-0.3, -0.25) is 19.3 Å². The molecule has 0 unspecified atom stereocenters. The fourth-order valence-electron chi connectivity index (χ4n) is 5.23. The Bertz CT molecular complexity index is 895. The SMILES string of the molecule is C[C@@H]1C[C@H](C)CN(C(=O)COC(=O)c2ccc3c(c2)C(=O)N(C2CCCCC2)C3=O)C1. The van der Waals surface area contributed by atoms with E-state index in [1.54, 1.807) is 4.90 Å². The van der Waals surface area contributed by atoms with Crippen molar-refractivity contribution in [2.75, 3.05) is 19.7 Å². The summed E-state index contributed by atoms with van der Waals surface area (Å²) in [6.07, 6.45) is 5.90. The number of rotatable bonds is 4. The van der Waals surface area contributed by atoms with Crippen molar-refractivity contribution in [2.45, 2.75) is 58.4 Å². The summed E-state index contributed by atoms with van der Waals surface area (Å²) in [4.78, 5) is 53.8. The van der Waals surface area contributed by atoms with Crippen molar-refractivity contribution in [1.82, 2.24) is 9.80 Å². The second-order valence-corrected chi connectivity index (χ2v) is 9.35.